The third-order valence-corrected chi connectivity index (χ3v) is 4.24. The Morgan fingerprint density at radius 2 is 2.00 bits per heavy atom. The summed E-state index contributed by atoms with van der Waals surface area (Å²) < 4.78 is 12.7. The van der Waals surface area contributed by atoms with Crippen molar-refractivity contribution in [2.45, 2.75) is 12.6 Å². The highest BCUT2D eigenvalue weighted by molar-refractivity contribution is 5.81. The highest BCUT2D eigenvalue weighted by Crippen LogP contribution is 2.18. The summed E-state index contributed by atoms with van der Waals surface area (Å²) in [7, 11) is 0. The summed E-state index contributed by atoms with van der Waals surface area (Å²) in [6, 6.07) is 16.1. The monoisotopic (exact) mass is 337 g/mol. The molecule has 0 bridgehead atoms. The summed E-state index contributed by atoms with van der Waals surface area (Å²) in [4.78, 5) is 16.5. The van der Waals surface area contributed by atoms with Crippen molar-refractivity contribution in [1.29, 1.82) is 0 Å². The molecule has 1 aliphatic rings. The van der Waals surface area contributed by atoms with Crippen molar-refractivity contribution < 1.29 is 14.3 Å². The van der Waals surface area contributed by atoms with Crippen molar-refractivity contribution in [3.8, 4) is 5.69 Å². The van der Waals surface area contributed by atoms with Gasteiger partial charge in [0, 0.05) is 12.2 Å². The molecule has 3 aromatic rings. The van der Waals surface area contributed by atoms with Crippen LogP contribution in [0.3, 0.4) is 0 Å². The van der Waals surface area contributed by atoms with Gasteiger partial charge in [0.2, 0.25) is 0 Å². The van der Waals surface area contributed by atoms with E-state index in [1.165, 1.54) is 0 Å². The van der Waals surface area contributed by atoms with Crippen molar-refractivity contribution in [2.75, 3.05) is 19.8 Å². The van der Waals surface area contributed by atoms with E-state index in [1.807, 2.05) is 59.4 Å². The quantitative estimate of drug-likeness (QED) is 0.791. The second-order valence-corrected chi connectivity index (χ2v) is 5.92. The second-order valence-electron chi connectivity index (χ2n) is 5.92. The van der Waals surface area contributed by atoms with Crippen LogP contribution in [-0.4, -0.2) is 41.4 Å². The van der Waals surface area contributed by atoms with Gasteiger partial charge in [-0.3, -0.25) is 9.36 Å². The van der Waals surface area contributed by atoms with Crippen molar-refractivity contribution in [3.63, 3.8) is 0 Å². The first-order valence-corrected chi connectivity index (χ1v) is 8.30. The Hall–Kier alpha value is -2.70. The molecular weight excluding hydrogens is 318 g/mol. The van der Waals surface area contributed by atoms with Crippen molar-refractivity contribution >= 4 is 16.9 Å². The number of ether oxygens (including phenoxy) is 2. The smallest absolute Gasteiger partial charge is 0.251 e. The minimum absolute atomic E-state index is 0.135. The first-order chi connectivity index (χ1) is 12.3. The molecule has 0 spiro atoms. The third-order valence-electron chi connectivity index (χ3n) is 4.24. The lowest BCUT2D eigenvalue weighted by Gasteiger charge is -2.22. The first-order valence-electron chi connectivity index (χ1n) is 8.30. The van der Waals surface area contributed by atoms with Gasteiger partial charge in [-0.2, -0.15) is 0 Å². The van der Waals surface area contributed by atoms with Crippen LogP contribution >= 0.6 is 0 Å². The lowest BCUT2D eigenvalue weighted by atomic mass is 10.2. The number of imidazole rings is 1. The highest BCUT2D eigenvalue weighted by Gasteiger charge is 2.22. The number of hydrogen-bond donors (Lipinski definition) is 1. The molecular formula is C19H19N3O3. The van der Waals surface area contributed by atoms with Crippen LogP contribution in [0.4, 0.5) is 0 Å². The number of amides is 1. The van der Waals surface area contributed by atoms with Crippen LogP contribution < -0.4 is 5.32 Å². The van der Waals surface area contributed by atoms with Crippen molar-refractivity contribution in [1.82, 2.24) is 14.9 Å². The topological polar surface area (TPSA) is 65.4 Å². The van der Waals surface area contributed by atoms with E-state index in [2.05, 4.69) is 10.3 Å². The summed E-state index contributed by atoms with van der Waals surface area (Å²) in [5, 5.41) is 2.89. The average Bonchev–Trinajstić information content (AvgIpc) is 3.11. The number of carbonyl (C=O) groups is 1. The number of fused-ring (bicyclic) bond motifs is 1. The van der Waals surface area contributed by atoms with E-state index in [9.17, 15) is 4.79 Å². The molecule has 6 nitrogen and oxygen atoms in total. The number of nitrogens with zero attached hydrogens (tertiary/aromatic N) is 2. The van der Waals surface area contributed by atoms with Gasteiger partial charge in [-0.1, -0.05) is 24.3 Å². The predicted molar refractivity (Wildman–Crippen MR) is 93.5 cm³/mol. The molecule has 2 heterocycles. The second kappa shape index (κ2) is 7.04. The number of rotatable bonds is 4. The van der Waals surface area contributed by atoms with Crippen LogP contribution in [0.1, 0.15) is 5.56 Å². The van der Waals surface area contributed by atoms with Gasteiger partial charge in [-0.05, 0) is 29.8 Å². The van der Waals surface area contributed by atoms with Gasteiger partial charge in [0.15, 0.2) is 6.10 Å². The van der Waals surface area contributed by atoms with Crippen molar-refractivity contribution in [3.05, 3.63) is 60.4 Å². The van der Waals surface area contributed by atoms with E-state index in [0.717, 1.165) is 22.3 Å². The summed E-state index contributed by atoms with van der Waals surface area (Å²) in [5.41, 5.74) is 4.09. The Morgan fingerprint density at radius 3 is 2.80 bits per heavy atom. The molecule has 25 heavy (non-hydrogen) atoms. The van der Waals surface area contributed by atoms with Gasteiger partial charge in [0.1, 0.15) is 6.33 Å². The van der Waals surface area contributed by atoms with Gasteiger partial charge < -0.3 is 14.8 Å². The van der Waals surface area contributed by atoms with Crippen LogP contribution in [0.5, 0.6) is 0 Å². The van der Waals surface area contributed by atoms with Crippen LogP contribution in [0.2, 0.25) is 0 Å². The van der Waals surface area contributed by atoms with Crippen LogP contribution in [0.25, 0.3) is 16.7 Å². The maximum atomic E-state index is 12.0. The van der Waals surface area contributed by atoms with E-state index >= 15 is 0 Å². The summed E-state index contributed by atoms with van der Waals surface area (Å²) in [5.74, 6) is -0.135. The minimum Gasteiger partial charge on any atom is -0.376 e. The van der Waals surface area contributed by atoms with Gasteiger partial charge in [-0.25, -0.2) is 4.98 Å². The van der Waals surface area contributed by atoms with Gasteiger partial charge in [0.05, 0.1) is 30.9 Å². The Morgan fingerprint density at radius 1 is 1.16 bits per heavy atom. The lowest BCUT2D eigenvalue weighted by Crippen LogP contribution is -2.42. The zero-order chi connectivity index (χ0) is 17.1. The third kappa shape index (κ3) is 3.40. The number of para-hydroxylation sites is 2. The maximum Gasteiger partial charge on any atom is 0.251 e. The zero-order valence-electron chi connectivity index (χ0n) is 13.7. The molecule has 1 aliphatic heterocycles. The van der Waals surface area contributed by atoms with Crippen LogP contribution in [0, 0.1) is 0 Å². The maximum absolute atomic E-state index is 12.0. The molecule has 1 aromatic heterocycles. The number of hydrogen-bond acceptors (Lipinski definition) is 4. The summed E-state index contributed by atoms with van der Waals surface area (Å²) >= 11 is 0. The molecule has 2 aromatic carbocycles. The molecule has 4 rings (SSSR count). The fourth-order valence-corrected chi connectivity index (χ4v) is 2.88. The molecule has 1 atom stereocenters. The Labute approximate surface area is 145 Å². The first kappa shape index (κ1) is 15.8. The molecule has 1 N–H and O–H groups in total. The fourth-order valence-electron chi connectivity index (χ4n) is 2.88. The van der Waals surface area contributed by atoms with E-state index in [1.54, 1.807) is 0 Å². The van der Waals surface area contributed by atoms with Gasteiger partial charge >= 0.3 is 0 Å². The largest absolute Gasteiger partial charge is 0.376 e. The fraction of sp³-hybridized carbons (Fsp3) is 0.263. The van der Waals surface area contributed by atoms with Gasteiger partial charge in [-0.15, -0.1) is 0 Å². The number of benzene rings is 2. The standard InChI is InChI=1S/C19H19N3O3/c23-19(18-12-24-9-10-25-18)20-11-14-5-7-15(8-6-14)22-13-21-16-3-1-2-4-17(16)22/h1-8,13,18H,9-12H2,(H,20,23)/t18-/m1/s1. The zero-order valence-corrected chi connectivity index (χ0v) is 13.7. The number of carbonyl (C=O) groups excluding carboxylic acids is 1. The molecule has 1 amide bonds. The van der Waals surface area contributed by atoms with E-state index < -0.39 is 6.10 Å². The SMILES string of the molecule is O=C(NCc1ccc(-n2cnc3ccccc32)cc1)[C@H]1COCCO1. The Balaban J connectivity index is 1.42. The number of aromatic nitrogens is 2. The van der Waals surface area contributed by atoms with E-state index in [-0.39, 0.29) is 5.91 Å². The van der Waals surface area contributed by atoms with Crippen molar-refractivity contribution in [2.24, 2.45) is 0 Å². The molecule has 0 radical (unpaired) electrons. The lowest BCUT2D eigenvalue weighted by molar-refractivity contribution is -0.147. The van der Waals surface area contributed by atoms with E-state index in [0.29, 0.717) is 26.4 Å². The van der Waals surface area contributed by atoms with E-state index in [4.69, 9.17) is 9.47 Å². The Bertz CT molecular complexity index is 867. The molecule has 0 unspecified atom stereocenters. The predicted octanol–water partition coefficient (Wildman–Crippen LogP) is 2.06. The normalized spacial score (nSPS) is 17.5. The molecule has 128 valence electrons. The average molecular weight is 337 g/mol. The van der Waals surface area contributed by atoms with Gasteiger partial charge in [0.25, 0.3) is 5.91 Å². The molecule has 1 fully saturated rings. The molecule has 0 aliphatic carbocycles. The summed E-state index contributed by atoms with van der Waals surface area (Å²) in [6.07, 6.45) is 1.31. The molecule has 6 heteroatoms. The Kier molecular flexibility index (Phi) is 4.45. The minimum atomic E-state index is -0.509. The van der Waals surface area contributed by atoms with Crippen LogP contribution in [0.15, 0.2) is 54.9 Å². The molecule has 1 saturated heterocycles. The number of nitrogens with one attached hydrogen (secondary N) is 1. The molecule has 0 saturated carbocycles. The highest BCUT2D eigenvalue weighted by atomic mass is 16.6. The van der Waals surface area contributed by atoms with Crippen LogP contribution in [-0.2, 0) is 20.8 Å². The summed E-state index contributed by atoms with van der Waals surface area (Å²) in [6.45, 7) is 1.79.